The van der Waals surface area contributed by atoms with Crippen molar-refractivity contribution < 1.29 is 13.2 Å². The van der Waals surface area contributed by atoms with Crippen molar-refractivity contribution in [3.05, 3.63) is 18.6 Å². The van der Waals surface area contributed by atoms with E-state index in [0.29, 0.717) is 25.7 Å². The summed E-state index contributed by atoms with van der Waals surface area (Å²) in [5.41, 5.74) is 0.821. The first kappa shape index (κ1) is 17.7. The molecule has 1 saturated carbocycles. The predicted octanol–water partition coefficient (Wildman–Crippen LogP) is 1.22. The largest absolute Gasteiger partial charge is 0.376 e. The van der Waals surface area contributed by atoms with Crippen LogP contribution in [-0.2, 0) is 14.8 Å². The monoisotopic (exact) mass is 379 g/mol. The second-order valence-corrected chi connectivity index (χ2v) is 9.37. The van der Waals surface area contributed by atoms with Gasteiger partial charge in [0.1, 0.15) is 17.8 Å². The van der Waals surface area contributed by atoms with Crippen molar-refractivity contribution in [1.82, 2.24) is 19.3 Å². The van der Waals surface area contributed by atoms with Gasteiger partial charge in [-0.2, -0.15) is 4.31 Å². The van der Waals surface area contributed by atoms with Crippen LogP contribution in [0.4, 0.5) is 5.82 Å². The summed E-state index contributed by atoms with van der Waals surface area (Å²) in [6, 6.07) is 2.29. The number of aromatic nitrogens is 3. The molecule has 4 rings (SSSR count). The van der Waals surface area contributed by atoms with Gasteiger partial charge in [-0.3, -0.25) is 0 Å². The molecule has 9 heteroatoms. The predicted molar refractivity (Wildman–Crippen MR) is 99.6 cm³/mol. The van der Waals surface area contributed by atoms with Gasteiger partial charge in [0, 0.05) is 32.4 Å². The molecule has 1 unspecified atom stereocenters. The van der Waals surface area contributed by atoms with E-state index in [1.54, 1.807) is 10.6 Å². The number of morpholine rings is 1. The molecule has 2 fully saturated rings. The number of H-pyrrole nitrogens is 1. The van der Waals surface area contributed by atoms with Crippen LogP contribution in [0.3, 0.4) is 0 Å². The number of aromatic amines is 1. The highest BCUT2D eigenvalue weighted by Gasteiger charge is 2.38. The lowest BCUT2D eigenvalue weighted by Crippen LogP contribution is -2.50. The molecule has 0 spiro atoms. The van der Waals surface area contributed by atoms with Gasteiger partial charge in [0.05, 0.1) is 23.8 Å². The van der Waals surface area contributed by atoms with E-state index in [2.05, 4.69) is 19.9 Å². The standard InChI is InChI=1S/C17H25N5O3S/c1-12-9-22(5-6-25-12)26(23,24)10-13-7-14(8-13)21(2)17-15-3-4-18-16(15)19-11-20-17/h3-4,11-14H,5-10H2,1-2H3,(H,18,19,20). The molecule has 0 amide bonds. The minimum atomic E-state index is -3.21. The van der Waals surface area contributed by atoms with Gasteiger partial charge in [0.15, 0.2) is 0 Å². The van der Waals surface area contributed by atoms with Crippen LogP contribution in [-0.4, -0.2) is 72.3 Å². The highest BCUT2D eigenvalue weighted by Crippen LogP contribution is 2.36. The van der Waals surface area contributed by atoms with Gasteiger partial charge in [0.2, 0.25) is 10.0 Å². The molecule has 26 heavy (non-hydrogen) atoms. The smallest absolute Gasteiger partial charge is 0.214 e. The highest BCUT2D eigenvalue weighted by atomic mass is 32.2. The molecule has 2 aromatic heterocycles. The summed E-state index contributed by atoms with van der Waals surface area (Å²) in [6.07, 6.45) is 5.12. The Hall–Kier alpha value is -1.71. The zero-order valence-electron chi connectivity index (χ0n) is 15.1. The summed E-state index contributed by atoms with van der Waals surface area (Å²) < 4.78 is 32.3. The minimum Gasteiger partial charge on any atom is -0.376 e. The summed E-state index contributed by atoms with van der Waals surface area (Å²) in [5, 5.41) is 0.994. The average Bonchev–Trinajstić information content (AvgIpc) is 3.06. The molecule has 3 heterocycles. The van der Waals surface area contributed by atoms with E-state index < -0.39 is 10.0 Å². The van der Waals surface area contributed by atoms with Gasteiger partial charge in [-0.05, 0) is 31.7 Å². The average molecular weight is 379 g/mol. The number of nitrogens with one attached hydrogen (secondary N) is 1. The Morgan fingerprint density at radius 1 is 1.38 bits per heavy atom. The minimum absolute atomic E-state index is 0.0275. The zero-order chi connectivity index (χ0) is 18.3. The van der Waals surface area contributed by atoms with Crippen molar-refractivity contribution in [3.63, 3.8) is 0 Å². The van der Waals surface area contributed by atoms with Gasteiger partial charge in [-0.25, -0.2) is 18.4 Å². The van der Waals surface area contributed by atoms with E-state index >= 15 is 0 Å². The molecule has 1 N–H and O–H groups in total. The normalized spacial score (nSPS) is 27.4. The Kier molecular flexibility index (Phi) is 4.62. The Labute approximate surface area is 153 Å². The van der Waals surface area contributed by atoms with Crippen LogP contribution in [0.2, 0.25) is 0 Å². The molecular formula is C17H25N5O3S. The maximum absolute atomic E-state index is 12.7. The molecule has 1 aliphatic carbocycles. The Morgan fingerprint density at radius 3 is 2.96 bits per heavy atom. The third kappa shape index (κ3) is 3.30. The fourth-order valence-corrected chi connectivity index (χ4v) is 5.78. The third-order valence-corrected chi connectivity index (χ3v) is 7.48. The van der Waals surface area contributed by atoms with Crippen LogP contribution < -0.4 is 4.90 Å². The van der Waals surface area contributed by atoms with E-state index in [0.717, 1.165) is 29.7 Å². The molecule has 8 nitrogen and oxygen atoms in total. The number of rotatable bonds is 5. The lowest BCUT2D eigenvalue weighted by atomic mass is 9.81. The lowest BCUT2D eigenvalue weighted by molar-refractivity contribution is 0.00994. The molecule has 1 aliphatic heterocycles. The van der Waals surface area contributed by atoms with Crippen LogP contribution in [0, 0.1) is 5.92 Å². The molecular weight excluding hydrogens is 354 g/mol. The summed E-state index contributed by atoms with van der Waals surface area (Å²) in [5.74, 6) is 1.33. The molecule has 1 atom stereocenters. The van der Waals surface area contributed by atoms with E-state index in [1.165, 1.54) is 0 Å². The van der Waals surface area contributed by atoms with Crippen LogP contribution in [0.5, 0.6) is 0 Å². The summed E-state index contributed by atoms with van der Waals surface area (Å²) in [7, 11) is -1.19. The highest BCUT2D eigenvalue weighted by molar-refractivity contribution is 7.89. The maximum Gasteiger partial charge on any atom is 0.214 e. The fraction of sp³-hybridized carbons (Fsp3) is 0.647. The molecule has 2 aliphatic rings. The van der Waals surface area contributed by atoms with Gasteiger partial charge >= 0.3 is 0 Å². The molecule has 0 radical (unpaired) electrons. The fourth-order valence-electron chi connectivity index (χ4n) is 3.91. The van der Waals surface area contributed by atoms with Crippen molar-refractivity contribution in [1.29, 1.82) is 0 Å². The van der Waals surface area contributed by atoms with Crippen molar-refractivity contribution in [2.45, 2.75) is 31.9 Å². The van der Waals surface area contributed by atoms with Crippen LogP contribution in [0.25, 0.3) is 11.0 Å². The Morgan fingerprint density at radius 2 is 2.19 bits per heavy atom. The van der Waals surface area contributed by atoms with E-state index in [1.807, 2.05) is 26.2 Å². The lowest BCUT2D eigenvalue weighted by Gasteiger charge is -2.42. The van der Waals surface area contributed by atoms with Crippen molar-refractivity contribution in [2.75, 3.05) is 37.4 Å². The summed E-state index contributed by atoms with van der Waals surface area (Å²) in [4.78, 5) is 13.9. The number of sulfonamides is 1. The molecule has 142 valence electrons. The Balaban J connectivity index is 1.37. The van der Waals surface area contributed by atoms with E-state index in [9.17, 15) is 8.42 Å². The molecule has 1 saturated heterocycles. The van der Waals surface area contributed by atoms with E-state index in [-0.39, 0.29) is 17.8 Å². The second-order valence-electron chi connectivity index (χ2n) is 7.36. The van der Waals surface area contributed by atoms with Gasteiger partial charge in [-0.15, -0.1) is 0 Å². The number of ether oxygens (including phenoxy) is 1. The Bertz CT molecular complexity index is 877. The van der Waals surface area contributed by atoms with Crippen molar-refractivity contribution in [3.8, 4) is 0 Å². The number of nitrogens with zero attached hydrogens (tertiary/aromatic N) is 4. The zero-order valence-corrected chi connectivity index (χ0v) is 15.9. The van der Waals surface area contributed by atoms with Gasteiger partial charge in [0.25, 0.3) is 0 Å². The topological polar surface area (TPSA) is 91.4 Å². The van der Waals surface area contributed by atoms with Crippen molar-refractivity contribution in [2.24, 2.45) is 5.92 Å². The maximum atomic E-state index is 12.7. The quantitative estimate of drug-likeness (QED) is 0.840. The van der Waals surface area contributed by atoms with Crippen LogP contribution in [0.15, 0.2) is 18.6 Å². The second kappa shape index (κ2) is 6.79. The van der Waals surface area contributed by atoms with Crippen LogP contribution >= 0.6 is 0 Å². The van der Waals surface area contributed by atoms with Gasteiger partial charge in [-0.1, -0.05) is 0 Å². The van der Waals surface area contributed by atoms with Gasteiger partial charge < -0.3 is 14.6 Å². The SMILES string of the molecule is CC1CN(S(=O)(=O)CC2CC(N(C)c3ncnc4[nH]ccc34)C2)CCO1. The molecule has 0 aromatic carbocycles. The summed E-state index contributed by atoms with van der Waals surface area (Å²) >= 11 is 0. The molecule has 2 aromatic rings. The first-order chi connectivity index (χ1) is 12.4. The van der Waals surface area contributed by atoms with Crippen LogP contribution in [0.1, 0.15) is 19.8 Å². The number of anilines is 1. The first-order valence-electron chi connectivity index (χ1n) is 9.04. The number of fused-ring (bicyclic) bond motifs is 1. The first-order valence-corrected chi connectivity index (χ1v) is 10.7. The van der Waals surface area contributed by atoms with Crippen molar-refractivity contribution >= 4 is 26.9 Å². The number of hydrogen-bond donors (Lipinski definition) is 1. The van der Waals surface area contributed by atoms with E-state index in [4.69, 9.17) is 4.74 Å². The number of hydrogen-bond acceptors (Lipinski definition) is 6. The molecule has 0 bridgehead atoms. The summed E-state index contributed by atoms with van der Waals surface area (Å²) in [6.45, 7) is 3.33. The third-order valence-electron chi connectivity index (χ3n) is 5.47.